The van der Waals surface area contributed by atoms with Crippen molar-refractivity contribution in [3.8, 4) is 11.5 Å². The predicted molar refractivity (Wildman–Crippen MR) is 114 cm³/mol. The Kier molecular flexibility index (Phi) is 5.84. The first-order valence-electron chi connectivity index (χ1n) is 10.6. The van der Waals surface area contributed by atoms with Crippen molar-refractivity contribution in [1.82, 2.24) is 14.7 Å². The highest BCUT2D eigenvalue weighted by atomic mass is 16.5. The van der Waals surface area contributed by atoms with E-state index >= 15 is 0 Å². The number of piperidine rings is 2. The summed E-state index contributed by atoms with van der Waals surface area (Å²) >= 11 is 0. The van der Waals surface area contributed by atoms with Gasteiger partial charge in [0.2, 0.25) is 0 Å². The number of fused-ring (bicyclic) bond motifs is 2. The Morgan fingerprint density at radius 3 is 2.47 bits per heavy atom. The minimum Gasteiger partial charge on any atom is -0.493 e. The van der Waals surface area contributed by atoms with E-state index in [1.807, 2.05) is 19.1 Å². The molecular formula is C23H31N3O4. The number of rotatable bonds is 6. The molecule has 2 fully saturated rings. The van der Waals surface area contributed by atoms with Crippen LogP contribution in [0.1, 0.15) is 43.4 Å². The summed E-state index contributed by atoms with van der Waals surface area (Å²) in [5, 5.41) is 15.8. The van der Waals surface area contributed by atoms with Crippen LogP contribution in [0.25, 0.3) is 0 Å². The average Bonchev–Trinajstić information content (AvgIpc) is 2.71. The molecule has 1 aromatic heterocycles. The fourth-order valence-electron chi connectivity index (χ4n) is 5.14. The van der Waals surface area contributed by atoms with Crippen LogP contribution >= 0.6 is 0 Å². The molecule has 4 rings (SSSR count). The van der Waals surface area contributed by atoms with Crippen molar-refractivity contribution in [2.45, 2.75) is 69.8 Å². The molecule has 2 unspecified atom stereocenters. The Labute approximate surface area is 177 Å². The molecule has 7 heteroatoms. The van der Waals surface area contributed by atoms with Crippen LogP contribution in [0.4, 0.5) is 0 Å². The van der Waals surface area contributed by atoms with E-state index < -0.39 is 5.60 Å². The molecule has 2 aliphatic heterocycles. The van der Waals surface area contributed by atoms with Gasteiger partial charge in [-0.15, -0.1) is 0 Å². The van der Waals surface area contributed by atoms with Gasteiger partial charge in [0.15, 0.2) is 11.5 Å². The van der Waals surface area contributed by atoms with E-state index in [0.717, 1.165) is 36.6 Å². The van der Waals surface area contributed by atoms with Crippen LogP contribution in [-0.2, 0) is 13.1 Å². The molecule has 2 aliphatic rings. The van der Waals surface area contributed by atoms with Crippen molar-refractivity contribution < 1.29 is 14.6 Å². The van der Waals surface area contributed by atoms with Crippen LogP contribution in [-0.4, -0.2) is 51.7 Å². The zero-order chi connectivity index (χ0) is 21.3. The van der Waals surface area contributed by atoms with Crippen molar-refractivity contribution in [3.63, 3.8) is 0 Å². The van der Waals surface area contributed by atoms with Gasteiger partial charge in [0.05, 0.1) is 32.1 Å². The molecule has 7 nitrogen and oxygen atoms in total. The first-order valence-corrected chi connectivity index (χ1v) is 10.6. The van der Waals surface area contributed by atoms with E-state index in [0.29, 0.717) is 12.8 Å². The van der Waals surface area contributed by atoms with Crippen LogP contribution in [0.5, 0.6) is 11.5 Å². The van der Waals surface area contributed by atoms with E-state index in [9.17, 15) is 9.90 Å². The molecule has 30 heavy (non-hydrogen) atoms. The molecule has 2 aromatic rings. The van der Waals surface area contributed by atoms with E-state index in [1.54, 1.807) is 20.3 Å². The van der Waals surface area contributed by atoms with Crippen LogP contribution < -0.4 is 15.0 Å². The second-order valence-corrected chi connectivity index (χ2v) is 8.70. The number of aryl methyl sites for hydroxylation is 1. The van der Waals surface area contributed by atoms with E-state index in [-0.39, 0.29) is 24.2 Å². The van der Waals surface area contributed by atoms with Crippen LogP contribution in [0.2, 0.25) is 0 Å². The number of hydrogen-bond acceptors (Lipinski definition) is 6. The molecule has 2 saturated heterocycles. The topological polar surface area (TPSA) is 76.8 Å². The average molecular weight is 414 g/mol. The molecule has 162 valence electrons. The zero-order valence-electron chi connectivity index (χ0n) is 18.0. The summed E-state index contributed by atoms with van der Waals surface area (Å²) in [6.45, 7) is 2.93. The minimum absolute atomic E-state index is 0.160. The second-order valence-electron chi connectivity index (χ2n) is 8.70. The van der Waals surface area contributed by atoms with Gasteiger partial charge in [-0.25, -0.2) is 4.68 Å². The van der Waals surface area contributed by atoms with Gasteiger partial charge < -0.3 is 14.6 Å². The summed E-state index contributed by atoms with van der Waals surface area (Å²) in [6, 6.07) is 9.87. The first-order chi connectivity index (χ1) is 14.4. The normalized spacial score (nSPS) is 26.4. The molecule has 0 amide bonds. The lowest BCUT2D eigenvalue weighted by atomic mass is 9.75. The Hall–Kier alpha value is -2.38. The number of hydrogen-bond donors (Lipinski definition) is 1. The van der Waals surface area contributed by atoms with Gasteiger partial charge >= 0.3 is 0 Å². The minimum atomic E-state index is -0.908. The third-order valence-corrected chi connectivity index (χ3v) is 6.50. The quantitative estimate of drug-likeness (QED) is 0.784. The van der Waals surface area contributed by atoms with Crippen molar-refractivity contribution in [3.05, 3.63) is 51.9 Å². The van der Waals surface area contributed by atoms with Crippen molar-refractivity contribution >= 4 is 0 Å². The smallest absolute Gasteiger partial charge is 0.266 e. The fourth-order valence-corrected chi connectivity index (χ4v) is 5.14. The van der Waals surface area contributed by atoms with Crippen molar-refractivity contribution in [2.24, 2.45) is 0 Å². The highest BCUT2D eigenvalue weighted by molar-refractivity contribution is 5.42. The van der Waals surface area contributed by atoms with Gasteiger partial charge in [0.25, 0.3) is 5.56 Å². The van der Waals surface area contributed by atoms with Crippen LogP contribution in [0.15, 0.2) is 35.1 Å². The number of aromatic nitrogens is 2. The Bertz CT molecular complexity index is 944. The van der Waals surface area contributed by atoms with Gasteiger partial charge in [-0.05, 0) is 56.4 Å². The van der Waals surface area contributed by atoms with Gasteiger partial charge in [-0.1, -0.05) is 12.5 Å². The standard InChI is InChI=1S/C23H31N3O4/c1-16-7-10-22(27)26(24-16)15-23(28)12-18-5-4-6-19(13-23)25(18)14-17-8-9-20(29-2)21(11-17)30-3/h7-11,18-19,28H,4-6,12-15H2,1-3H3. The van der Waals surface area contributed by atoms with Crippen molar-refractivity contribution in [1.29, 1.82) is 0 Å². The molecule has 0 spiro atoms. The number of benzene rings is 1. The molecule has 2 bridgehead atoms. The summed E-state index contributed by atoms with van der Waals surface area (Å²) in [5.74, 6) is 1.46. The summed E-state index contributed by atoms with van der Waals surface area (Å²) in [6.07, 6.45) is 4.60. The van der Waals surface area contributed by atoms with Crippen LogP contribution in [0.3, 0.4) is 0 Å². The zero-order valence-corrected chi connectivity index (χ0v) is 18.0. The molecular weight excluding hydrogens is 382 g/mol. The Morgan fingerprint density at radius 1 is 1.10 bits per heavy atom. The highest BCUT2D eigenvalue weighted by Crippen LogP contribution is 2.41. The number of nitrogens with zero attached hydrogens (tertiary/aromatic N) is 3. The Balaban J connectivity index is 1.52. The number of methoxy groups -OCH3 is 2. The number of ether oxygens (including phenoxy) is 2. The summed E-state index contributed by atoms with van der Waals surface area (Å²) in [7, 11) is 3.29. The lowest BCUT2D eigenvalue weighted by Crippen LogP contribution is -2.59. The summed E-state index contributed by atoms with van der Waals surface area (Å²) < 4.78 is 12.2. The van der Waals surface area contributed by atoms with E-state index in [4.69, 9.17) is 9.47 Å². The predicted octanol–water partition coefficient (Wildman–Crippen LogP) is 2.52. The maximum Gasteiger partial charge on any atom is 0.266 e. The maximum atomic E-state index is 12.2. The van der Waals surface area contributed by atoms with E-state index in [2.05, 4.69) is 16.1 Å². The third kappa shape index (κ3) is 4.23. The maximum absolute atomic E-state index is 12.2. The first kappa shape index (κ1) is 20.9. The molecule has 1 aromatic carbocycles. The molecule has 0 saturated carbocycles. The number of aliphatic hydroxyl groups is 1. The van der Waals surface area contributed by atoms with E-state index in [1.165, 1.54) is 22.7 Å². The highest BCUT2D eigenvalue weighted by Gasteiger charge is 2.45. The van der Waals surface area contributed by atoms with Gasteiger partial charge in [0, 0.05) is 24.7 Å². The van der Waals surface area contributed by atoms with Gasteiger partial charge in [0.1, 0.15) is 0 Å². The van der Waals surface area contributed by atoms with Crippen molar-refractivity contribution in [2.75, 3.05) is 14.2 Å². The molecule has 0 radical (unpaired) electrons. The molecule has 1 N–H and O–H groups in total. The molecule has 3 heterocycles. The fraction of sp³-hybridized carbons (Fsp3) is 0.565. The lowest BCUT2D eigenvalue weighted by molar-refractivity contribution is -0.105. The summed E-state index contributed by atoms with van der Waals surface area (Å²) in [5.41, 5.74) is 0.886. The second kappa shape index (κ2) is 8.40. The molecule has 0 aliphatic carbocycles. The summed E-state index contributed by atoms with van der Waals surface area (Å²) in [4.78, 5) is 14.7. The Morgan fingerprint density at radius 2 is 1.80 bits per heavy atom. The molecule has 2 atom stereocenters. The van der Waals surface area contributed by atoms with Gasteiger partial charge in [-0.3, -0.25) is 9.69 Å². The van der Waals surface area contributed by atoms with Gasteiger partial charge in [-0.2, -0.15) is 5.10 Å². The monoisotopic (exact) mass is 413 g/mol. The SMILES string of the molecule is COc1ccc(CN2C3CCCC2CC(O)(Cn2nc(C)ccc2=O)C3)cc1OC. The lowest BCUT2D eigenvalue weighted by Gasteiger charge is -2.52. The van der Waals surface area contributed by atoms with Crippen LogP contribution in [0, 0.1) is 6.92 Å². The largest absolute Gasteiger partial charge is 0.493 e. The third-order valence-electron chi connectivity index (χ3n) is 6.50.